The molecule has 0 aliphatic carbocycles. The molecular weight excluding hydrogens is 424 g/mol. The first-order valence-electron chi connectivity index (χ1n) is 10.4. The quantitative estimate of drug-likeness (QED) is 0.481. The third-order valence-corrected chi connectivity index (χ3v) is 7.35. The zero-order valence-corrected chi connectivity index (χ0v) is 18.2. The van der Waals surface area contributed by atoms with Crippen molar-refractivity contribution in [3.63, 3.8) is 0 Å². The predicted octanol–water partition coefficient (Wildman–Crippen LogP) is 3.35. The first-order valence-corrected chi connectivity index (χ1v) is 11.3. The largest absolute Gasteiger partial charge is 0.468 e. The van der Waals surface area contributed by atoms with Crippen molar-refractivity contribution in [3.05, 3.63) is 88.6 Å². The maximum Gasteiger partial charge on any atom is 0.327 e. The molecule has 6 nitrogen and oxygen atoms in total. The summed E-state index contributed by atoms with van der Waals surface area (Å²) in [6, 6.07) is 21.8. The molecule has 2 amide bonds. The Morgan fingerprint density at radius 3 is 2.31 bits per heavy atom. The lowest BCUT2D eigenvalue weighted by molar-refractivity contribution is -0.152. The molecule has 2 saturated heterocycles. The average molecular weight is 447 g/mol. The third kappa shape index (κ3) is 3.08. The summed E-state index contributed by atoms with van der Waals surface area (Å²) < 4.78 is 5.23. The minimum Gasteiger partial charge on any atom is -0.468 e. The molecule has 162 valence electrons. The summed E-state index contributed by atoms with van der Waals surface area (Å²) in [7, 11) is 1.32. The number of rotatable bonds is 5. The maximum absolute atomic E-state index is 13.8. The standard InChI is InChI=1S/C25H22N2O4S/c1-31-24(30)25(15-16-9-4-2-5-10-16)20-19(21(26-25)18-13-8-14-32-18)22(28)27(23(20)29)17-11-6-3-7-12-17/h2-14,19-21,26H,15H2,1H3/t19-,20-,21-,25+/m0/s1. The van der Waals surface area contributed by atoms with Gasteiger partial charge in [-0.2, -0.15) is 0 Å². The van der Waals surface area contributed by atoms with Crippen LogP contribution in [0.3, 0.4) is 0 Å². The average Bonchev–Trinajstić information content (AvgIpc) is 3.52. The number of thiophene rings is 1. The van der Waals surface area contributed by atoms with Crippen molar-refractivity contribution in [2.45, 2.75) is 18.0 Å². The van der Waals surface area contributed by atoms with Crippen molar-refractivity contribution < 1.29 is 19.1 Å². The monoisotopic (exact) mass is 446 g/mol. The molecule has 2 aromatic carbocycles. The molecule has 32 heavy (non-hydrogen) atoms. The van der Waals surface area contributed by atoms with Crippen LogP contribution in [0.1, 0.15) is 16.5 Å². The van der Waals surface area contributed by atoms with E-state index < -0.39 is 29.4 Å². The minimum atomic E-state index is -1.36. The summed E-state index contributed by atoms with van der Waals surface area (Å²) in [4.78, 5) is 42.9. The van der Waals surface area contributed by atoms with Crippen LogP contribution in [0.5, 0.6) is 0 Å². The van der Waals surface area contributed by atoms with Gasteiger partial charge in [0.1, 0.15) is 5.54 Å². The molecule has 0 unspecified atom stereocenters. The third-order valence-electron chi connectivity index (χ3n) is 6.39. The Balaban J connectivity index is 1.66. The van der Waals surface area contributed by atoms with Crippen LogP contribution in [-0.2, 0) is 25.5 Å². The number of benzene rings is 2. The topological polar surface area (TPSA) is 75.7 Å². The number of nitrogens with one attached hydrogen (secondary N) is 1. The summed E-state index contributed by atoms with van der Waals surface area (Å²) >= 11 is 1.50. The Kier molecular flexibility index (Phi) is 5.15. The zero-order valence-electron chi connectivity index (χ0n) is 17.4. The number of nitrogens with zero attached hydrogens (tertiary/aromatic N) is 1. The smallest absolute Gasteiger partial charge is 0.327 e. The second-order valence-electron chi connectivity index (χ2n) is 8.11. The highest BCUT2D eigenvalue weighted by atomic mass is 32.1. The molecule has 2 aliphatic heterocycles. The molecule has 1 N–H and O–H groups in total. The van der Waals surface area contributed by atoms with E-state index in [0.29, 0.717) is 5.69 Å². The highest BCUT2D eigenvalue weighted by Gasteiger charge is 2.69. The van der Waals surface area contributed by atoms with Crippen LogP contribution in [0.4, 0.5) is 5.69 Å². The van der Waals surface area contributed by atoms with Crippen LogP contribution >= 0.6 is 11.3 Å². The Bertz CT molecular complexity index is 1150. The fraction of sp³-hybridized carbons (Fsp3) is 0.240. The van der Waals surface area contributed by atoms with Gasteiger partial charge >= 0.3 is 5.97 Å². The second-order valence-corrected chi connectivity index (χ2v) is 9.09. The molecule has 3 aromatic rings. The van der Waals surface area contributed by atoms with Crippen LogP contribution in [0.25, 0.3) is 0 Å². The number of anilines is 1. The van der Waals surface area contributed by atoms with Crippen molar-refractivity contribution in [1.29, 1.82) is 0 Å². The molecule has 7 heteroatoms. The van der Waals surface area contributed by atoms with Crippen molar-refractivity contribution in [3.8, 4) is 0 Å². The molecule has 5 rings (SSSR count). The number of esters is 1. The number of para-hydroxylation sites is 1. The number of hydrogen-bond acceptors (Lipinski definition) is 6. The Morgan fingerprint density at radius 2 is 1.69 bits per heavy atom. The Labute approximate surface area is 189 Å². The molecular formula is C25H22N2O4S. The summed E-state index contributed by atoms with van der Waals surface area (Å²) in [5.41, 5.74) is 0.0424. The molecule has 4 atom stereocenters. The van der Waals surface area contributed by atoms with Crippen LogP contribution < -0.4 is 10.2 Å². The SMILES string of the molecule is COC(=O)[C@]1(Cc2ccccc2)N[C@@H](c2cccs2)[C@H]2C(=O)N(c3ccccc3)C(=O)[C@H]21. The number of ether oxygens (including phenoxy) is 1. The highest BCUT2D eigenvalue weighted by molar-refractivity contribution is 7.10. The summed E-state index contributed by atoms with van der Waals surface area (Å²) in [6.45, 7) is 0. The van der Waals surface area contributed by atoms with Crippen molar-refractivity contribution in [2.24, 2.45) is 11.8 Å². The molecule has 1 aromatic heterocycles. The summed E-state index contributed by atoms with van der Waals surface area (Å²) in [5.74, 6) is -2.79. The van der Waals surface area contributed by atoms with Crippen LogP contribution in [-0.4, -0.2) is 30.4 Å². The first kappa shape index (κ1) is 20.6. The van der Waals surface area contributed by atoms with Gasteiger partial charge in [-0.05, 0) is 29.1 Å². The van der Waals surface area contributed by atoms with E-state index in [1.807, 2.05) is 53.9 Å². The zero-order chi connectivity index (χ0) is 22.3. The van der Waals surface area contributed by atoms with Gasteiger partial charge in [-0.3, -0.25) is 19.7 Å². The van der Waals surface area contributed by atoms with Crippen molar-refractivity contribution in [2.75, 3.05) is 12.0 Å². The van der Waals surface area contributed by atoms with Crippen LogP contribution in [0.15, 0.2) is 78.2 Å². The van der Waals surface area contributed by atoms with Gasteiger partial charge in [-0.15, -0.1) is 11.3 Å². The molecule has 3 heterocycles. The van der Waals surface area contributed by atoms with Gasteiger partial charge in [0.15, 0.2) is 0 Å². The van der Waals surface area contributed by atoms with Gasteiger partial charge in [-0.25, -0.2) is 4.90 Å². The number of methoxy groups -OCH3 is 1. The van der Waals surface area contributed by atoms with Gasteiger partial charge in [0.25, 0.3) is 0 Å². The Morgan fingerprint density at radius 1 is 1.00 bits per heavy atom. The second kappa shape index (κ2) is 8.00. The van der Waals surface area contributed by atoms with E-state index in [-0.39, 0.29) is 18.2 Å². The lowest BCUT2D eigenvalue weighted by Gasteiger charge is -2.32. The Hall–Kier alpha value is -3.29. The number of amides is 2. The van der Waals surface area contributed by atoms with E-state index in [1.165, 1.54) is 23.3 Å². The van der Waals surface area contributed by atoms with E-state index in [9.17, 15) is 14.4 Å². The van der Waals surface area contributed by atoms with E-state index in [0.717, 1.165) is 10.4 Å². The lowest BCUT2D eigenvalue weighted by Crippen LogP contribution is -2.57. The lowest BCUT2D eigenvalue weighted by atomic mass is 9.76. The van der Waals surface area contributed by atoms with Gasteiger partial charge in [0, 0.05) is 11.3 Å². The van der Waals surface area contributed by atoms with Gasteiger partial charge < -0.3 is 4.74 Å². The predicted molar refractivity (Wildman–Crippen MR) is 121 cm³/mol. The summed E-state index contributed by atoms with van der Waals surface area (Å²) in [5, 5.41) is 5.34. The van der Waals surface area contributed by atoms with Gasteiger partial charge in [-0.1, -0.05) is 54.6 Å². The molecule has 0 saturated carbocycles. The van der Waals surface area contributed by atoms with Crippen LogP contribution in [0, 0.1) is 11.8 Å². The number of carbonyl (C=O) groups is 3. The molecule has 2 aliphatic rings. The highest BCUT2D eigenvalue weighted by Crippen LogP contribution is 2.51. The molecule has 2 fully saturated rings. The van der Waals surface area contributed by atoms with Gasteiger partial charge in [0.2, 0.25) is 11.8 Å². The first-order chi connectivity index (χ1) is 15.6. The number of imide groups is 1. The molecule has 0 bridgehead atoms. The van der Waals surface area contributed by atoms with E-state index >= 15 is 0 Å². The maximum atomic E-state index is 13.8. The van der Waals surface area contributed by atoms with Crippen molar-refractivity contribution in [1.82, 2.24) is 5.32 Å². The number of fused-ring (bicyclic) bond motifs is 1. The van der Waals surface area contributed by atoms with E-state index in [1.54, 1.807) is 24.3 Å². The fourth-order valence-electron chi connectivity index (χ4n) is 5.07. The number of carbonyl (C=O) groups excluding carboxylic acids is 3. The van der Waals surface area contributed by atoms with Gasteiger partial charge in [0.05, 0.1) is 30.7 Å². The van der Waals surface area contributed by atoms with Crippen LogP contribution in [0.2, 0.25) is 0 Å². The van der Waals surface area contributed by atoms with E-state index in [2.05, 4.69) is 5.32 Å². The minimum absolute atomic E-state index is 0.241. The number of hydrogen-bond donors (Lipinski definition) is 1. The van der Waals surface area contributed by atoms with E-state index in [4.69, 9.17) is 4.74 Å². The van der Waals surface area contributed by atoms with Crippen molar-refractivity contribution >= 4 is 34.8 Å². The normalized spacial score (nSPS) is 26.9. The fourth-order valence-corrected chi connectivity index (χ4v) is 5.89. The molecule has 0 radical (unpaired) electrons. The summed E-state index contributed by atoms with van der Waals surface area (Å²) in [6.07, 6.45) is 0.241. The molecule has 0 spiro atoms.